The molecule has 1 fully saturated rings. The molecule has 0 bridgehead atoms. The Hall–Kier alpha value is -5.14. The van der Waals surface area contributed by atoms with Crippen LogP contribution >= 0.6 is 0 Å². The Balaban J connectivity index is 2.18. The molecule has 8 atom stereocenters. The molecule has 0 unspecified atom stereocenters. The van der Waals surface area contributed by atoms with E-state index in [1.54, 1.807) is 24.3 Å². The van der Waals surface area contributed by atoms with Gasteiger partial charge in [-0.3, -0.25) is 38.4 Å². The summed E-state index contributed by atoms with van der Waals surface area (Å²) < 4.78 is 0. The number of unbranched alkanes of at least 4 members (excludes halogenated alkanes) is 5. The molecule has 64 heavy (non-hydrogen) atoms. The molecule has 1 heterocycles. The van der Waals surface area contributed by atoms with Gasteiger partial charge in [0.15, 0.2) is 0 Å². The molecule has 0 aliphatic carbocycles. The number of nitrogens with one attached hydrogen (secondary N) is 6. The first-order chi connectivity index (χ1) is 30.3. The maximum Gasteiger partial charge on any atom is 0.245 e. The second kappa shape index (κ2) is 28.6. The SMILES string of the molecule is CCCCCCCCC(=O)N[C@@H](Cc1ccccc1)C(=O)N[C@@H](CO)C(=O)N[C@@H](CC(C)C)C(=O)N1CCC[C@H]1C(=O)N[C@@H](CO)C(=O)N[C@H](C(=O)N[C@@H](CC(C)C)C(N)=O)[C@@H](C)O. The van der Waals surface area contributed by atoms with Gasteiger partial charge in [0.1, 0.15) is 42.3 Å². The molecule has 0 radical (unpaired) electrons. The molecular weight excluding hydrogens is 829 g/mol. The minimum atomic E-state index is -1.62. The zero-order valence-corrected chi connectivity index (χ0v) is 38.4. The largest absolute Gasteiger partial charge is 0.394 e. The first-order valence-corrected chi connectivity index (χ1v) is 22.7. The molecule has 1 aromatic carbocycles. The lowest BCUT2D eigenvalue weighted by Crippen LogP contribution is -2.62. The first kappa shape index (κ1) is 55.0. The second-order valence-electron chi connectivity index (χ2n) is 17.5. The average molecular weight is 903 g/mol. The zero-order valence-electron chi connectivity index (χ0n) is 38.4. The quantitative estimate of drug-likeness (QED) is 0.0471. The predicted molar refractivity (Wildman–Crippen MR) is 238 cm³/mol. The van der Waals surface area contributed by atoms with E-state index in [4.69, 9.17) is 5.73 Å². The van der Waals surface area contributed by atoms with Crippen LogP contribution in [0, 0.1) is 11.8 Å². The summed E-state index contributed by atoms with van der Waals surface area (Å²) in [7, 11) is 0. The number of nitrogens with two attached hydrogens (primary N) is 1. The zero-order chi connectivity index (χ0) is 47.9. The van der Waals surface area contributed by atoms with Gasteiger partial charge in [0.05, 0.1) is 19.3 Å². The third kappa shape index (κ3) is 18.9. The van der Waals surface area contributed by atoms with Gasteiger partial charge in [0, 0.05) is 19.4 Å². The molecule has 0 saturated carbocycles. The number of aliphatic hydroxyl groups is 3. The molecular formula is C45H74N8O11. The Morgan fingerprint density at radius 1 is 0.672 bits per heavy atom. The highest BCUT2D eigenvalue weighted by atomic mass is 16.3. The summed E-state index contributed by atoms with van der Waals surface area (Å²) in [5, 5.41) is 45.9. The fraction of sp³-hybridized carbons (Fsp3) is 0.689. The minimum Gasteiger partial charge on any atom is -0.394 e. The Bertz CT molecular complexity index is 1680. The lowest BCUT2D eigenvalue weighted by atomic mass is 10.0. The van der Waals surface area contributed by atoms with Crippen LogP contribution in [0.15, 0.2) is 30.3 Å². The monoisotopic (exact) mass is 903 g/mol. The van der Waals surface area contributed by atoms with Crippen LogP contribution in [-0.2, 0) is 44.8 Å². The van der Waals surface area contributed by atoms with E-state index in [2.05, 4.69) is 38.8 Å². The third-order valence-electron chi connectivity index (χ3n) is 10.9. The number of nitrogens with zero attached hydrogens (tertiary/aromatic N) is 1. The van der Waals surface area contributed by atoms with Crippen molar-refractivity contribution in [3.8, 4) is 0 Å². The lowest BCUT2D eigenvalue weighted by Gasteiger charge is -2.31. The third-order valence-corrected chi connectivity index (χ3v) is 10.9. The van der Waals surface area contributed by atoms with Gasteiger partial charge >= 0.3 is 0 Å². The molecule has 2 rings (SSSR count). The van der Waals surface area contributed by atoms with E-state index in [9.17, 15) is 53.7 Å². The molecule has 8 amide bonds. The van der Waals surface area contributed by atoms with E-state index in [1.165, 1.54) is 11.8 Å². The highest BCUT2D eigenvalue weighted by molar-refractivity contribution is 5.98. The van der Waals surface area contributed by atoms with Crippen molar-refractivity contribution in [3.63, 3.8) is 0 Å². The number of aliphatic hydroxyl groups excluding tert-OH is 3. The summed E-state index contributed by atoms with van der Waals surface area (Å²) >= 11 is 0. The van der Waals surface area contributed by atoms with Crippen molar-refractivity contribution in [1.29, 1.82) is 0 Å². The Kier molecular flexibility index (Phi) is 24.6. The Labute approximate surface area is 377 Å². The Morgan fingerprint density at radius 2 is 1.20 bits per heavy atom. The summed E-state index contributed by atoms with van der Waals surface area (Å²) in [5.41, 5.74) is 6.19. The van der Waals surface area contributed by atoms with Crippen LogP contribution in [0.3, 0.4) is 0 Å². The van der Waals surface area contributed by atoms with Crippen molar-refractivity contribution in [1.82, 2.24) is 36.8 Å². The normalized spacial score (nSPS) is 17.0. The number of primary amides is 1. The van der Waals surface area contributed by atoms with Crippen molar-refractivity contribution in [2.45, 2.75) is 167 Å². The van der Waals surface area contributed by atoms with E-state index in [0.717, 1.165) is 37.7 Å². The summed E-state index contributed by atoms with van der Waals surface area (Å²) in [6.45, 7) is 8.97. The number of hydrogen-bond acceptors (Lipinski definition) is 11. The van der Waals surface area contributed by atoms with Crippen LogP contribution in [0.5, 0.6) is 0 Å². The van der Waals surface area contributed by atoms with Gasteiger partial charge in [-0.25, -0.2) is 0 Å². The minimum absolute atomic E-state index is 0.0279. The molecule has 1 aromatic rings. The van der Waals surface area contributed by atoms with Crippen LogP contribution in [0.4, 0.5) is 0 Å². The smallest absolute Gasteiger partial charge is 0.245 e. The van der Waals surface area contributed by atoms with Gasteiger partial charge in [-0.15, -0.1) is 0 Å². The van der Waals surface area contributed by atoms with Gasteiger partial charge in [-0.2, -0.15) is 0 Å². The van der Waals surface area contributed by atoms with Gasteiger partial charge in [-0.1, -0.05) is 97.1 Å². The molecule has 11 N–H and O–H groups in total. The highest BCUT2D eigenvalue weighted by Gasteiger charge is 2.40. The second-order valence-corrected chi connectivity index (χ2v) is 17.5. The fourth-order valence-electron chi connectivity index (χ4n) is 7.43. The van der Waals surface area contributed by atoms with E-state index in [-0.39, 0.29) is 56.4 Å². The van der Waals surface area contributed by atoms with Crippen LogP contribution < -0.4 is 37.6 Å². The van der Waals surface area contributed by atoms with Gasteiger partial charge in [0.2, 0.25) is 47.3 Å². The van der Waals surface area contributed by atoms with Crippen molar-refractivity contribution in [2.75, 3.05) is 19.8 Å². The molecule has 0 aromatic heterocycles. The van der Waals surface area contributed by atoms with Crippen LogP contribution in [0.1, 0.15) is 118 Å². The summed E-state index contributed by atoms with van der Waals surface area (Å²) in [4.78, 5) is 108. The topological polar surface area (TPSA) is 299 Å². The molecule has 1 saturated heterocycles. The van der Waals surface area contributed by atoms with E-state index >= 15 is 0 Å². The first-order valence-electron chi connectivity index (χ1n) is 22.7. The molecule has 1 aliphatic rings. The number of carbonyl (C=O) groups excluding carboxylic acids is 8. The number of carbonyl (C=O) groups is 8. The van der Waals surface area contributed by atoms with Gasteiger partial charge in [-0.05, 0) is 56.4 Å². The lowest BCUT2D eigenvalue weighted by molar-refractivity contribution is -0.143. The maximum absolute atomic E-state index is 14.1. The maximum atomic E-state index is 14.1. The summed E-state index contributed by atoms with van der Waals surface area (Å²) in [6.07, 6.45) is 5.60. The van der Waals surface area contributed by atoms with E-state index in [1.807, 2.05) is 33.8 Å². The van der Waals surface area contributed by atoms with Crippen molar-refractivity contribution in [2.24, 2.45) is 17.6 Å². The van der Waals surface area contributed by atoms with Crippen molar-refractivity contribution >= 4 is 47.3 Å². The van der Waals surface area contributed by atoms with Crippen LogP contribution in [-0.4, -0.2) is 136 Å². The number of hydrogen-bond donors (Lipinski definition) is 10. The van der Waals surface area contributed by atoms with Crippen LogP contribution in [0.2, 0.25) is 0 Å². The summed E-state index contributed by atoms with van der Waals surface area (Å²) in [6, 6.07) is -0.189. The number of likely N-dealkylation sites (tertiary alicyclic amines) is 1. The fourth-order valence-corrected chi connectivity index (χ4v) is 7.43. The number of amides is 8. The standard InChI is InChI=1S/C45H74N8O11/c1-7-8-9-10-11-15-20-37(57)47-32(24-30-17-13-12-14-18-30)40(59)50-34(25-54)41(60)49-33(23-28(4)5)45(64)53-21-16-19-36(53)43(62)51-35(26-55)42(61)52-38(29(6)56)44(63)48-31(39(46)58)22-27(2)3/h12-14,17-18,27-29,31-36,38,54-56H,7-11,15-16,19-26H2,1-6H3,(H2,46,58)(H,47,57)(H,48,63)(H,49,60)(H,50,59)(H,51,62)(H,52,61)/t29-,31+,32+,33+,34+,35+,36+,38+/m1/s1. The van der Waals surface area contributed by atoms with Crippen molar-refractivity contribution in [3.05, 3.63) is 35.9 Å². The number of benzene rings is 1. The highest BCUT2D eigenvalue weighted by Crippen LogP contribution is 2.21. The van der Waals surface area contributed by atoms with Crippen molar-refractivity contribution < 1.29 is 53.7 Å². The molecule has 19 heteroatoms. The van der Waals surface area contributed by atoms with E-state index in [0.29, 0.717) is 12.8 Å². The average Bonchev–Trinajstić information content (AvgIpc) is 3.74. The molecule has 1 aliphatic heterocycles. The molecule has 0 spiro atoms. The number of rotatable bonds is 29. The van der Waals surface area contributed by atoms with E-state index < -0.39 is 103 Å². The van der Waals surface area contributed by atoms with Crippen LogP contribution in [0.25, 0.3) is 0 Å². The molecule has 360 valence electrons. The molecule has 19 nitrogen and oxygen atoms in total. The Morgan fingerprint density at radius 3 is 1.78 bits per heavy atom. The summed E-state index contributed by atoms with van der Waals surface area (Å²) in [5.74, 6) is -6.26. The van der Waals surface area contributed by atoms with Gasteiger partial charge in [0.25, 0.3) is 0 Å². The predicted octanol–water partition coefficient (Wildman–Crippen LogP) is -0.178. The van der Waals surface area contributed by atoms with Gasteiger partial charge < -0.3 is 57.9 Å².